The molecule has 0 bridgehead atoms. The predicted octanol–water partition coefficient (Wildman–Crippen LogP) is 3.88. The molecule has 0 radical (unpaired) electrons. The largest absolute Gasteiger partial charge is 0.326 e. The quantitative estimate of drug-likeness (QED) is 0.738. The summed E-state index contributed by atoms with van der Waals surface area (Å²) in [7, 11) is -3.74. The van der Waals surface area contributed by atoms with Gasteiger partial charge in [-0.1, -0.05) is 17.7 Å². The fourth-order valence-electron chi connectivity index (χ4n) is 2.79. The molecule has 3 rings (SSSR count). The summed E-state index contributed by atoms with van der Waals surface area (Å²) >= 11 is 7.40. The van der Waals surface area contributed by atoms with Gasteiger partial charge < -0.3 is 10.6 Å². The summed E-state index contributed by atoms with van der Waals surface area (Å²) in [5, 5.41) is 4.98. The molecule has 0 fully saturated rings. The van der Waals surface area contributed by atoms with Gasteiger partial charge in [-0.2, -0.15) is 0 Å². The maximum atomic E-state index is 12.9. The third-order valence-corrected chi connectivity index (χ3v) is 8.08. The van der Waals surface area contributed by atoms with Gasteiger partial charge in [0.05, 0.1) is 21.6 Å². The van der Waals surface area contributed by atoms with Crippen molar-refractivity contribution in [3.63, 3.8) is 0 Å². The van der Waals surface area contributed by atoms with Crippen LogP contribution in [0.5, 0.6) is 0 Å². The molecule has 2 amide bonds. The lowest BCUT2D eigenvalue weighted by molar-refractivity contribution is -0.116. The maximum absolute atomic E-state index is 12.9. The number of benzene rings is 2. The van der Waals surface area contributed by atoms with Gasteiger partial charge in [-0.25, -0.2) is 8.42 Å². The second-order valence-corrected chi connectivity index (χ2v) is 10.3. The first kappa shape index (κ1) is 20.7. The standard InChI is InChI=1S/C19H19ClN2O4S2/c1-11(8-18(23)21-15-5-3-4-14(20)12(15)2)28(25,26)13-6-7-17-16(9-13)22-19(24)10-27-17/h3-7,9,11H,8,10H2,1-2H3,(H,21,23)(H,22,24). The maximum Gasteiger partial charge on any atom is 0.234 e. The van der Waals surface area contributed by atoms with Crippen molar-refractivity contribution in [3.8, 4) is 0 Å². The van der Waals surface area contributed by atoms with Crippen LogP contribution in [0.25, 0.3) is 0 Å². The predicted molar refractivity (Wildman–Crippen MR) is 112 cm³/mol. The van der Waals surface area contributed by atoms with Crippen molar-refractivity contribution in [3.05, 3.63) is 47.0 Å². The van der Waals surface area contributed by atoms with Crippen molar-refractivity contribution < 1.29 is 18.0 Å². The Labute approximate surface area is 173 Å². The molecule has 0 saturated heterocycles. The minimum absolute atomic E-state index is 0.0771. The van der Waals surface area contributed by atoms with E-state index in [4.69, 9.17) is 11.6 Å². The number of sulfone groups is 1. The Morgan fingerprint density at radius 2 is 2.07 bits per heavy atom. The third-order valence-electron chi connectivity index (χ3n) is 4.46. The van der Waals surface area contributed by atoms with E-state index in [9.17, 15) is 18.0 Å². The second-order valence-electron chi connectivity index (χ2n) is 6.52. The number of nitrogens with one attached hydrogen (secondary N) is 2. The number of anilines is 2. The molecule has 1 aliphatic rings. The first-order chi connectivity index (χ1) is 13.2. The molecule has 0 spiro atoms. The Bertz CT molecular complexity index is 1050. The van der Waals surface area contributed by atoms with Gasteiger partial charge in [0.1, 0.15) is 0 Å². The molecule has 1 aliphatic heterocycles. The molecule has 28 heavy (non-hydrogen) atoms. The van der Waals surface area contributed by atoms with Crippen molar-refractivity contribution in [2.45, 2.75) is 35.3 Å². The van der Waals surface area contributed by atoms with Crippen LogP contribution in [0.3, 0.4) is 0 Å². The fraction of sp³-hybridized carbons (Fsp3) is 0.263. The van der Waals surface area contributed by atoms with Gasteiger partial charge in [0.2, 0.25) is 11.8 Å². The van der Waals surface area contributed by atoms with Crippen LogP contribution in [0.1, 0.15) is 18.9 Å². The van der Waals surface area contributed by atoms with E-state index in [-0.39, 0.29) is 17.2 Å². The Morgan fingerprint density at radius 1 is 1.32 bits per heavy atom. The molecule has 0 aromatic heterocycles. The fourth-order valence-corrected chi connectivity index (χ4v) is 5.12. The average Bonchev–Trinajstić information content (AvgIpc) is 2.64. The number of rotatable bonds is 5. The molecule has 2 N–H and O–H groups in total. The molecule has 2 aromatic rings. The minimum atomic E-state index is -3.74. The highest BCUT2D eigenvalue weighted by molar-refractivity contribution is 8.00. The number of hydrogen-bond donors (Lipinski definition) is 2. The SMILES string of the molecule is Cc1c(Cl)cccc1NC(=O)CC(C)S(=O)(=O)c1ccc2c(c1)NC(=O)CS2. The van der Waals surface area contributed by atoms with Gasteiger partial charge in [0.25, 0.3) is 0 Å². The molecule has 148 valence electrons. The normalized spacial score (nSPS) is 14.8. The number of thioether (sulfide) groups is 1. The lowest BCUT2D eigenvalue weighted by atomic mass is 10.2. The summed E-state index contributed by atoms with van der Waals surface area (Å²) in [6.07, 6.45) is -0.202. The number of hydrogen-bond acceptors (Lipinski definition) is 5. The zero-order valence-electron chi connectivity index (χ0n) is 15.3. The van der Waals surface area contributed by atoms with Crippen LogP contribution in [-0.2, 0) is 19.4 Å². The highest BCUT2D eigenvalue weighted by atomic mass is 35.5. The molecule has 1 heterocycles. The van der Waals surface area contributed by atoms with E-state index >= 15 is 0 Å². The Morgan fingerprint density at radius 3 is 2.82 bits per heavy atom. The second kappa shape index (κ2) is 8.14. The van der Waals surface area contributed by atoms with Crippen LogP contribution in [0.4, 0.5) is 11.4 Å². The molecule has 9 heteroatoms. The topological polar surface area (TPSA) is 92.3 Å². The minimum Gasteiger partial charge on any atom is -0.326 e. The molecular formula is C19H19ClN2O4S2. The van der Waals surface area contributed by atoms with Crippen LogP contribution in [0.2, 0.25) is 5.02 Å². The van der Waals surface area contributed by atoms with Crippen molar-refractivity contribution >= 4 is 56.4 Å². The van der Waals surface area contributed by atoms with Gasteiger partial charge in [-0.15, -0.1) is 11.8 Å². The van der Waals surface area contributed by atoms with Crippen LogP contribution in [0, 0.1) is 6.92 Å². The molecule has 2 aromatic carbocycles. The van der Waals surface area contributed by atoms with Gasteiger partial charge in [-0.05, 0) is 49.7 Å². The van der Waals surface area contributed by atoms with Crippen LogP contribution >= 0.6 is 23.4 Å². The Balaban J connectivity index is 1.75. The van der Waals surface area contributed by atoms with Crippen LogP contribution in [0.15, 0.2) is 46.2 Å². The number of amides is 2. The van der Waals surface area contributed by atoms with Crippen molar-refractivity contribution in [1.82, 2.24) is 0 Å². The van der Waals surface area contributed by atoms with Gasteiger partial charge >= 0.3 is 0 Å². The zero-order valence-corrected chi connectivity index (χ0v) is 17.7. The van der Waals surface area contributed by atoms with Crippen LogP contribution in [-0.4, -0.2) is 31.2 Å². The first-order valence-corrected chi connectivity index (χ1v) is 11.4. The third kappa shape index (κ3) is 4.34. The summed E-state index contributed by atoms with van der Waals surface area (Å²) in [6, 6.07) is 9.77. The van der Waals surface area contributed by atoms with Crippen molar-refractivity contribution in [2.75, 3.05) is 16.4 Å². The lowest BCUT2D eigenvalue weighted by Gasteiger charge is -2.19. The van der Waals surface area contributed by atoms with Crippen molar-refractivity contribution in [1.29, 1.82) is 0 Å². The van der Waals surface area contributed by atoms with E-state index in [0.29, 0.717) is 22.2 Å². The number of carbonyl (C=O) groups excluding carboxylic acids is 2. The highest BCUT2D eigenvalue weighted by Gasteiger charge is 2.27. The average molecular weight is 439 g/mol. The van der Waals surface area contributed by atoms with Crippen LogP contribution < -0.4 is 10.6 Å². The lowest BCUT2D eigenvalue weighted by Crippen LogP contribution is -2.26. The summed E-state index contributed by atoms with van der Waals surface area (Å²) in [5.74, 6) is -0.280. The van der Waals surface area contributed by atoms with Gasteiger partial charge in [0, 0.05) is 22.0 Å². The van der Waals surface area contributed by atoms with E-state index < -0.39 is 21.0 Å². The molecule has 1 atom stereocenters. The molecule has 0 saturated carbocycles. The monoisotopic (exact) mass is 438 g/mol. The number of halogens is 1. The van der Waals surface area contributed by atoms with E-state index in [2.05, 4.69) is 10.6 Å². The summed E-state index contributed by atoms with van der Waals surface area (Å²) in [4.78, 5) is 24.8. The summed E-state index contributed by atoms with van der Waals surface area (Å²) in [6.45, 7) is 3.27. The Hall–Kier alpha value is -2.03. The number of carbonyl (C=O) groups is 2. The zero-order chi connectivity index (χ0) is 20.5. The smallest absolute Gasteiger partial charge is 0.234 e. The van der Waals surface area contributed by atoms with Crippen molar-refractivity contribution in [2.24, 2.45) is 0 Å². The van der Waals surface area contributed by atoms with E-state index in [0.717, 1.165) is 10.5 Å². The van der Waals surface area contributed by atoms with E-state index in [1.54, 1.807) is 31.2 Å². The van der Waals surface area contributed by atoms with E-state index in [1.165, 1.54) is 30.8 Å². The first-order valence-electron chi connectivity index (χ1n) is 8.54. The molecule has 1 unspecified atom stereocenters. The van der Waals surface area contributed by atoms with Gasteiger partial charge in [-0.3, -0.25) is 9.59 Å². The molecule has 6 nitrogen and oxygen atoms in total. The Kier molecular flexibility index (Phi) is 6.02. The molecule has 0 aliphatic carbocycles. The highest BCUT2D eigenvalue weighted by Crippen LogP contribution is 2.34. The number of fused-ring (bicyclic) bond motifs is 1. The summed E-state index contributed by atoms with van der Waals surface area (Å²) < 4.78 is 25.8. The molecular weight excluding hydrogens is 420 g/mol. The van der Waals surface area contributed by atoms with Gasteiger partial charge in [0.15, 0.2) is 9.84 Å². The summed E-state index contributed by atoms with van der Waals surface area (Å²) in [5.41, 5.74) is 1.75. The van der Waals surface area contributed by atoms with E-state index in [1.807, 2.05) is 0 Å².